The fourth-order valence-corrected chi connectivity index (χ4v) is 7.12. The molecule has 2 atom stereocenters. The van der Waals surface area contributed by atoms with Crippen molar-refractivity contribution in [3.05, 3.63) is 41.9 Å². The van der Waals surface area contributed by atoms with Crippen molar-refractivity contribution < 1.29 is 23.4 Å². The summed E-state index contributed by atoms with van der Waals surface area (Å²) in [5, 5.41) is 2.16. The van der Waals surface area contributed by atoms with Crippen LogP contribution in [-0.4, -0.2) is 53.0 Å². The first kappa shape index (κ1) is 26.7. The summed E-state index contributed by atoms with van der Waals surface area (Å²) in [5.74, 6) is 5.97. The average molecular weight is 528 g/mol. The smallest absolute Gasteiger partial charge is 0.275 e. The lowest BCUT2D eigenvalue weighted by Crippen LogP contribution is -2.57. The largest absolute Gasteiger partial charge is 0.487 e. The van der Waals surface area contributed by atoms with Gasteiger partial charge in [-0.25, -0.2) is 9.97 Å². The normalized spacial score (nSPS) is 25.4. The third-order valence-corrected chi connectivity index (χ3v) is 10.1. The number of aliphatic imine (C=N–C) groups is 1. The Morgan fingerprint density at radius 2 is 1.97 bits per heavy atom. The number of anilines is 1. The van der Waals surface area contributed by atoms with E-state index >= 15 is 0 Å². The number of benzene rings is 1. The van der Waals surface area contributed by atoms with Crippen LogP contribution in [0.15, 0.2) is 35.6 Å². The highest BCUT2D eigenvalue weighted by atomic mass is 32.3. The molecule has 1 aromatic carbocycles. The number of nitrogens with two attached hydrogens (primary N) is 1. The van der Waals surface area contributed by atoms with Gasteiger partial charge in [0.05, 0.1) is 17.6 Å². The van der Waals surface area contributed by atoms with Gasteiger partial charge in [-0.1, -0.05) is 5.92 Å². The highest BCUT2D eigenvalue weighted by Gasteiger charge is 2.59. The van der Waals surface area contributed by atoms with E-state index < -0.39 is 37.6 Å². The number of ether oxygens (including phenoxy) is 2. The number of hydrogen-bond acceptors (Lipinski definition) is 9. The van der Waals surface area contributed by atoms with Gasteiger partial charge >= 0.3 is 0 Å². The lowest BCUT2D eigenvalue weighted by Gasteiger charge is -2.59. The minimum Gasteiger partial charge on any atom is -0.487 e. The van der Waals surface area contributed by atoms with Crippen molar-refractivity contribution in [3.63, 3.8) is 0 Å². The number of amides is 1. The van der Waals surface area contributed by atoms with E-state index in [-0.39, 0.29) is 24.0 Å². The number of nitrogens with one attached hydrogen (secondary N) is 1. The molecule has 11 heteroatoms. The van der Waals surface area contributed by atoms with Gasteiger partial charge in [0, 0.05) is 17.7 Å². The van der Waals surface area contributed by atoms with Crippen LogP contribution in [-0.2, 0) is 5.54 Å². The molecule has 5 N–H and O–H groups in total. The van der Waals surface area contributed by atoms with E-state index in [1.54, 1.807) is 39.0 Å². The maximum atomic E-state index is 12.9. The fraction of sp³-hybridized carbons (Fsp3) is 0.462. The molecule has 0 saturated carbocycles. The molecule has 0 saturated heterocycles. The second-order valence-corrected chi connectivity index (χ2v) is 13.2. The van der Waals surface area contributed by atoms with E-state index in [2.05, 4.69) is 27.1 Å². The van der Waals surface area contributed by atoms with Crippen molar-refractivity contribution in [1.82, 2.24) is 9.97 Å². The summed E-state index contributed by atoms with van der Waals surface area (Å²) < 4.78 is 33.5. The summed E-state index contributed by atoms with van der Waals surface area (Å²) in [6, 6.07) is 5.19. The SMILES string of the molecule is CC#CCOc1cnc(C(=O)Nc2ccc3c(c2)[C@@]2(C)N=C(N)C(C)(C)S(O)(O)[C@@H]2CC(C)(C)O3)cn1. The molecule has 0 bridgehead atoms. The van der Waals surface area contributed by atoms with E-state index in [1.165, 1.54) is 12.4 Å². The molecule has 37 heavy (non-hydrogen) atoms. The lowest BCUT2D eigenvalue weighted by atomic mass is 9.84. The Hall–Kier alpha value is -3.33. The number of rotatable bonds is 4. The number of carbonyl (C=O) groups excluding carboxylic acids is 1. The van der Waals surface area contributed by atoms with Gasteiger partial charge in [-0.2, -0.15) is 10.6 Å². The first-order chi connectivity index (χ1) is 17.2. The standard InChI is InChI=1S/C26H33N5O5S/c1-7-8-11-35-21-15-28-18(14-29-21)22(32)30-16-9-10-19-17(12-16)26(6)20(13-24(2,3)36-19)37(33,34)25(4,5)23(27)31-26/h9-10,12,14-15,20,33-34H,11,13H2,1-6H3,(H2,27,31)(H,30,32)/t20-,26-/m1/s1. The van der Waals surface area contributed by atoms with Crippen LogP contribution in [0.2, 0.25) is 0 Å². The number of hydrogen-bond donors (Lipinski definition) is 4. The molecule has 0 fully saturated rings. The Morgan fingerprint density at radius 3 is 2.62 bits per heavy atom. The number of amidine groups is 1. The van der Waals surface area contributed by atoms with E-state index in [0.29, 0.717) is 23.4 Å². The van der Waals surface area contributed by atoms with Crippen molar-refractivity contribution in [2.45, 2.75) is 69.1 Å². The molecule has 3 heterocycles. The molecule has 198 valence electrons. The highest BCUT2D eigenvalue weighted by molar-refractivity contribution is 8.26. The Morgan fingerprint density at radius 1 is 1.24 bits per heavy atom. The maximum absolute atomic E-state index is 12.9. The van der Waals surface area contributed by atoms with Crippen LogP contribution in [0.3, 0.4) is 0 Å². The van der Waals surface area contributed by atoms with Crippen LogP contribution in [0.25, 0.3) is 0 Å². The van der Waals surface area contributed by atoms with E-state index in [1.807, 2.05) is 20.8 Å². The van der Waals surface area contributed by atoms with Gasteiger partial charge in [-0.05, 0) is 59.7 Å². The van der Waals surface area contributed by atoms with Crippen LogP contribution in [0, 0.1) is 11.8 Å². The van der Waals surface area contributed by atoms with Gasteiger partial charge in [0.2, 0.25) is 5.88 Å². The molecular weight excluding hydrogens is 494 g/mol. The van der Waals surface area contributed by atoms with Crippen molar-refractivity contribution in [2.24, 2.45) is 10.7 Å². The zero-order valence-corrected chi connectivity index (χ0v) is 22.6. The quantitative estimate of drug-likeness (QED) is 0.432. The Balaban J connectivity index is 1.69. The first-order valence-electron chi connectivity index (χ1n) is 11.8. The summed E-state index contributed by atoms with van der Waals surface area (Å²) >= 11 is 0. The molecule has 0 radical (unpaired) electrons. The van der Waals surface area contributed by atoms with Crippen molar-refractivity contribution in [1.29, 1.82) is 0 Å². The number of fused-ring (bicyclic) bond motifs is 3. The van der Waals surface area contributed by atoms with Gasteiger partial charge in [-0.3, -0.25) is 18.9 Å². The molecule has 0 spiro atoms. The number of nitrogens with zero attached hydrogens (tertiary/aromatic N) is 3. The minimum atomic E-state index is -3.26. The van der Waals surface area contributed by atoms with Crippen molar-refractivity contribution in [2.75, 3.05) is 11.9 Å². The maximum Gasteiger partial charge on any atom is 0.275 e. The van der Waals surface area contributed by atoms with Crippen molar-refractivity contribution in [3.8, 4) is 23.5 Å². The van der Waals surface area contributed by atoms with E-state index in [9.17, 15) is 13.9 Å². The third-order valence-electron chi connectivity index (χ3n) is 6.92. The predicted molar refractivity (Wildman–Crippen MR) is 144 cm³/mol. The van der Waals surface area contributed by atoms with Gasteiger partial charge in [0.1, 0.15) is 33.2 Å². The monoisotopic (exact) mass is 527 g/mol. The van der Waals surface area contributed by atoms with Gasteiger partial charge < -0.3 is 20.5 Å². The molecule has 0 unspecified atom stereocenters. The molecule has 2 aromatic rings. The Labute approximate surface area is 218 Å². The summed E-state index contributed by atoms with van der Waals surface area (Å²) in [4.78, 5) is 25.9. The lowest BCUT2D eigenvalue weighted by molar-refractivity contribution is 0.0999. The number of aromatic nitrogens is 2. The predicted octanol–water partition coefficient (Wildman–Crippen LogP) is 4.18. The van der Waals surface area contributed by atoms with Gasteiger partial charge in [0.15, 0.2) is 6.61 Å². The molecular formula is C26H33N5O5S. The molecule has 0 aliphatic carbocycles. The van der Waals surface area contributed by atoms with Crippen LogP contribution in [0.5, 0.6) is 11.6 Å². The van der Waals surface area contributed by atoms with E-state index in [4.69, 9.17) is 20.2 Å². The average Bonchev–Trinajstić information content (AvgIpc) is 2.91. The molecule has 2 aliphatic rings. The minimum absolute atomic E-state index is 0.0983. The van der Waals surface area contributed by atoms with Crippen molar-refractivity contribution >= 4 is 28.0 Å². The zero-order valence-electron chi connectivity index (χ0n) is 21.8. The molecule has 2 aliphatic heterocycles. The summed E-state index contributed by atoms with van der Waals surface area (Å²) in [5.41, 5.74) is 5.67. The summed E-state index contributed by atoms with van der Waals surface area (Å²) in [6.45, 7) is 10.9. The second-order valence-electron chi connectivity index (χ2n) is 10.4. The van der Waals surface area contributed by atoms with Crippen LogP contribution < -0.4 is 20.5 Å². The molecule has 1 amide bonds. The topological polar surface area (TPSA) is 152 Å². The van der Waals surface area contributed by atoms with Gasteiger partial charge in [0.25, 0.3) is 5.91 Å². The Bertz CT molecular complexity index is 1310. The zero-order chi connectivity index (χ0) is 27.2. The van der Waals surface area contributed by atoms with Crippen LogP contribution in [0.4, 0.5) is 5.69 Å². The molecule has 10 nitrogen and oxygen atoms in total. The van der Waals surface area contributed by atoms with E-state index in [0.717, 1.165) is 0 Å². The fourth-order valence-electron chi connectivity index (χ4n) is 4.60. The van der Waals surface area contributed by atoms with Crippen LogP contribution >= 0.6 is 10.6 Å². The second kappa shape index (κ2) is 9.20. The first-order valence-corrected chi connectivity index (χ1v) is 13.4. The molecule has 4 rings (SSSR count). The van der Waals surface area contributed by atoms with Crippen LogP contribution in [0.1, 0.15) is 64.0 Å². The molecule has 1 aromatic heterocycles. The summed E-state index contributed by atoms with van der Waals surface area (Å²) in [7, 11) is -3.26. The number of carbonyl (C=O) groups is 1. The highest BCUT2D eigenvalue weighted by Crippen LogP contribution is 2.67. The third kappa shape index (κ3) is 4.72. The Kier molecular flexibility index (Phi) is 6.65. The van der Waals surface area contributed by atoms with Gasteiger partial charge in [-0.15, -0.1) is 5.92 Å². The summed E-state index contributed by atoms with van der Waals surface area (Å²) in [6.07, 6.45) is 3.02.